The third-order valence-corrected chi connectivity index (χ3v) is 1.88. The van der Waals surface area contributed by atoms with Gasteiger partial charge in [0.1, 0.15) is 5.75 Å². The molecule has 0 bridgehead atoms. The van der Waals surface area contributed by atoms with Crippen LogP contribution in [-0.4, -0.2) is 5.97 Å². The van der Waals surface area contributed by atoms with E-state index in [9.17, 15) is 4.79 Å². The van der Waals surface area contributed by atoms with Crippen LogP contribution in [0, 0.1) is 11.3 Å². The molecule has 1 atom stereocenters. The maximum absolute atomic E-state index is 10.6. The number of hydrogen-bond donors (Lipinski definition) is 1. The van der Waals surface area contributed by atoms with Gasteiger partial charge in [0.2, 0.25) is 0 Å². The highest BCUT2D eigenvalue weighted by molar-refractivity contribution is 5.85. The Morgan fingerprint density at radius 3 is 2.50 bits per heavy atom. The molecule has 0 aliphatic carbocycles. The zero-order valence-corrected chi connectivity index (χ0v) is 9.66. The number of halogens is 1. The maximum Gasteiger partial charge on any atom is 0.308 e. The number of esters is 1. The smallest absolute Gasteiger partial charge is 0.308 e. The van der Waals surface area contributed by atoms with Gasteiger partial charge in [0.05, 0.1) is 12.5 Å². The van der Waals surface area contributed by atoms with Crippen molar-refractivity contribution in [2.75, 3.05) is 0 Å². The van der Waals surface area contributed by atoms with Gasteiger partial charge in [-0.15, -0.1) is 12.4 Å². The minimum atomic E-state index is -0.357. The van der Waals surface area contributed by atoms with Crippen LogP contribution in [0.5, 0.6) is 5.75 Å². The molecule has 0 saturated carbocycles. The first-order chi connectivity index (χ1) is 7.13. The first kappa shape index (κ1) is 14.4. The number of nitrogens with two attached hydrogens (primary N) is 1. The van der Waals surface area contributed by atoms with Crippen LogP contribution in [0.3, 0.4) is 0 Å². The molecule has 0 spiro atoms. The van der Waals surface area contributed by atoms with E-state index in [0.717, 1.165) is 5.56 Å². The predicted molar refractivity (Wildman–Crippen MR) is 62.2 cm³/mol. The number of nitrogens with zero attached hydrogens (tertiary/aromatic N) is 1. The molecule has 1 rings (SSSR count). The summed E-state index contributed by atoms with van der Waals surface area (Å²) < 4.78 is 4.86. The lowest BCUT2D eigenvalue weighted by Crippen LogP contribution is -2.09. The van der Waals surface area contributed by atoms with E-state index < -0.39 is 0 Å². The number of hydrogen-bond acceptors (Lipinski definition) is 4. The normalized spacial score (nSPS) is 10.8. The van der Waals surface area contributed by atoms with E-state index in [1.54, 1.807) is 24.3 Å². The van der Waals surface area contributed by atoms with Gasteiger partial charge in [0.15, 0.2) is 0 Å². The van der Waals surface area contributed by atoms with E-state index in [1.807, 2.05) is 6.07 Å². The van der Waals surface area contributed by atoms with Gasteiger partial charge < -0.3 is 10.5 Å². The van der Waals surface area contributed by atoms with E-state index in [4.69, 9.17) is 15.7 Å². The fourth-order valence-corrected chi connectivity index (χ4v) is 1.17. The SMILES string of the molecule is CC(=O)Oc1ccc([C@H](N)CC#N)cc1.Cl. The van der Waals surface area contributed by atoms with Gasteiger partial charge in [0.25, 0.3) is 0 Å². The molecule has 0 aliphatic rings. The molecule has 0 heterocycles. The third-order valence-electron chi connectivity index (χ3n) is 1.88. The second-order valence-corrected chi connectivity index (χ2v) is 3.13. The Bertz CT molecular complexity index is 384. The van der Waals surface area contributed by atoms with E-state index in [-0.39, 0.29) is 30.8 Å². The highest BCUT2D eigenvalue weighted by Crippen LogP contribution is 2.18. The third kappa shape index (κ3) is 4.30. The fourth-order valence-electron chi connectivity index (χ4n) is 1.17. The summed E-state index contributed by atoms with van der Waals surface area (Å²) >= 11 is 0. The fraction of sp³-hybridized carbons (Fsp3) is 0.273. The van der Waals surface area contributed by atoms with Crippen LogP contribution in [0.4, 0.5) is 0 Å². The molecule has 0 saturated heterocycles. The number of ether oxygens (including phenoxy) is 1. The number of nitriles is 1. The number of rotatable bonds is 3. The van der Waals surface area contributed by atoms with Gasteiger partial charge in [-0.2, -0.15) is 5.26 Å². The van der Waals surface area contributed by atoms with Crippen LogP contribution in [0.1, 0.15) is 24.9 Å². The molecule has 16 heavy (non-hydrogen) atoms. The van der Waals surface area contributed by atoms with Crippen molar-refractivity contribution in [2.24, 2.45) is 5.73 Å². The van der Waals surface area contributed by atoms with Gasteiger partial charge in [-0.3, -0.25) is 4.79 Å². The topological polar surface area (TPSA) is 76.1 Å². The summed E-state index contributed by atoms with van der Waals surface area (Å²) in [6, 6.07) is 8.53. The molecule has 5 heteroatoms. The minimum Gasteiger partial charge on any atom is -0.427 e. The second kappa shape index (κ2) is 6.83. The average Bonchev–Trinajstić information content (AvgIpc) is 2.18. The van der Waals surface area contributed by atoms with Gasteiger partial charge >= 0.3 is 5.97 Å². The van der Waals surface area contributed by atoms with Crippen LogP contribution < -0.4 is 10.5 Å². The van der Waals surface area contributed by atoms with Gasteiger partial charge in [-0.25, -0.2) is 0 Å². The molecule has 0 aromatic heterocycles. The van der Waals surface area contributed by atoms with Crippen molar-refractivity contribution in [1.82, 2.24) is 0 Å². The van der Waals surface area contributed by atoms with Crippen LogP contribution in [-0.2, 0) is 4.79 Å². The second-order valence-electron chi connectivity index (χ2n) is 3.13. The minimum absolute atomic E-state index is 0. The van der Waals surface area contributed by atoms with Crippen molar-refractivity contribution in [3.63, 3.8) is 0 Å². The van der Waals surface area contributed by atoms with Crippen LogP contribution >= 0.6 is 12.4 Å². The highest BCUT2D eigenvalue weighted by Gasteiger charge is 2.05. The highest BCUT2D eigenvalue weighted by atomic mass is 35.5. The van der Waals surface area contributed by atoms with Crippen molar-refractivity contribution in [2.45, 2.75) is 19.4 Å². The Kier molecular flexibility index (Phi) is 6.16. The Hall–Kier alpha value is -1.57. The molecule has 1 aromatic rings. The zero-order chi connectivity index (χ0) is 11.3. The molecule has 0 fully saturated rings. The van der Waals surface area contributed by atoms with Gasteiger partial charge in [-0.1, -0.05) is 12.1 Å². The maximum atomic E-state index is 10.6. The molecule has 0 amide bonds. The van der Waals surface area contributed by atoms with Crippen molar-refractivity contribution >= 4 is 18.4 Å². The Morgan fingerprint density at radius 2 is 2.06 bits per heavy atom. The average molecular weight is 241 g/mol. The van der Waals surface area contributed by atoms with Crippen molar-refractivity contribution in [3.8, 4) is 11.8 Å². The van der Waals surface area contributed by atoms with Crippen LogP contribution in [0.15, 0.2) is 24.3 Å². The van der Waals surface area contributed by atoms with E-state index in [2.05, 4.69) is 0 Å². The first-order valence-electron chi connectivity index (χ1n) is 4.54. The summed E-state index contributed by atoms with van der Waals surface area (Å²) in [6.07, 6.45) is 0.271. The van der Waals surface area contributed by atoms with E-state index in [0.29, 0.717) is 5.75 Å². The monoisotopic (exact) mass is 240 g/mol. The summed E-state index contributed by atoms with van der Waals surface area (Å²) in [5, 5.41) is 8.47. The molecule has 2 N–H and O–H groups in total. The van der Waals surface area contributed by atoms with Crippen molar-refractivity contribution in [1.29, 1.82) is 5.26 Å². The van der Waals surface area contributed by atoms with E-state index >= 15 is 0 Å². The molecule has 4 nitrogen and oxygen atoms in total. The lowest BCUT2D eigenvalue weighted by molar-refractivity contribution is -0.131. The largest absolute Gasteiger partial charge is 0.427 e. The summed E-state index contributed by atoms with van der Waals surface area (Å²) in [6.45, 7) is 1.34. The number of carbonyl (C=O) groups excluding carboxylic acids is 1. The van der Waals surface area contributed by atoms with Crippen LogP contribution in [0.25, 0.3) is 0 Å². The molecule has 0 aliphatic heterocycles. The standard InChI is InChI=1S/C11H12N2O2.ClH/c1-8(14)15-10-4-2-9(3-5-10)11(13)6-7-12;/h2-5,11H,6,13H2,1H3;1H/t11-;/m1./s1. The molecule has 86 valence electrons. The number of carbonyl (C=O) groups is 1. The van der Waals surface area contributed by atoms with Gasteiger partial charge in [-0.05, 0) is 17.7 Å². The summed E-state index contributed by atoms with van der Waals surface area (Å²) in [5.74, 6) is 0.125. The predicted octanol–water partition coefficient (Wildman–Crippen LogP) is 1.95. The van der Waals surface area contributed by atoms with E-state index in [1.165, 1.54) is 6.92 Å². The summed E-state index contributed by atoms with van der Waals surface area (Å²) in [4.78, 5) is 10.6. The van der Waals surface area contributed by atoms with Crippen molar-refractivity contribution in [3.05, 3.63) is 29.8 Å². The van der Waals surface area contributed by atoms with Gasteiger partial charge in [0, 0.05) is 13.0 Å². The Balaban J connectivity index is 0.00000225. The summed E-state index contributed by atoms with van der Waals surface area (Å²) in [7, 11) is 0. The Morgan fingerprint density at radius 1 is 1.50 bits per heavy atom. The van der Waals surface area contributed by atoms with Crippen LogP contribution in [0.2, 0.25) is 0 Å². The Labute approximate surface area is 100 Å². The van der Waals surface area contributed by atoms with Crippen molar-refractivity contribution < 1.29 is 9.53 Å². The summed E-state index contributed by atoms with van der Waals surface area (Å²) in [5.41, 5.74) is 6.58. The lowest BCUT2D eigenvalue weighted by Gasteiger charge is -2.08. The molecule has 0 unspecified atom stereocenters. The molecule has 1 aromatic carbocycles. The quantitative estimate of drug-likeness (QED) is 0.647. The molecule has 0 radical (unpaired) electrons. The first-order valence-corrected chi connectivity index (χ1v) is 4.54. The zero-order valence-electron chi connectivity index (χ0n) is 8.84. The lowest BCUT2D eigenvalue weighted by atomic mass is 10.1. The number of benzene rings is 1. The molecular weight excluding hydrogens is 228 g/mol. The molecular formula is C11H13ClN2O2.